The third-order valence-electron chi connectivity index (χ3n) is 2.94. The van der Waals surface area contributed by atoms with E-state index in [9.17, 15) is 13.2 Å². The summed E-state index contributed by atoms with van der Waals surface area (Å²) in [5.41, 5.74) is 0.767. The van der Waals surface area contributed by atoms with Gasteiger partial charge in [-0.2, -0.15) is 0 Å². The molecule has 6 nitrogen and oxygen atoms in total. The summed E-state index contributed by atoms with van der Waals surface area (Å²) >= 11 is 0. The van der Waals surface area contributed by atoms with Gasteiger partial charge in [-0.05, 0) is 19.1 Å². The highest BCUT2D eigenvalue weighted by Gasteiger charge is 2.21. The average molecular weight is 308 g/mol. The van der Waals surface area contributed by atoms with Crippen LogP contribution in [0.15, 0.2) is 39.8 Å². The van der Waals surface area contributed by atoms with Crippen molar-refractivity contribution in [3.63, 3.8) is 0 Å². The smallest absolute Gasteiger partial charge is 0.255 e. The lowest BCUT2D eigenvalue weighted by molar-refractivity contribution is 0.0778. The molecular weight excluding hydrogens is 292 g/mol. The Morgan fingerprint density at radius 3 is 2.57 bits per heavy atom. The number of aromatic nitrogens is 1. The van der Waals surface area contributed by atoms with E-state index in [4.69, 9.17) is 4.52 Å². The molecule has 0 saturated carbocycles. The van der Waals surface area contributed by atoms with Gasteiger partial charge in [0.05, 0.1) is 17.0 Å². The van der Waals surface area contributed by atoms with Gasteiger partial charge in [-0.25, -0.2) is 8.42 Å². The molecule has 0 bridgehead atoms. The molecule has 21 heavy (non-hydrogen) atoms. The van der Waals surface area contributed by atoms with E-state index in [2.05, 4.69) is 5.16 Å². The van der Waals surface area contributed by atoms with Crippen molar-refractivity contribution in [2.75, 3.05) is 13.3 Å². The third-order valence-corrected chi connectivity index (χ3v) is 4.09. The Hall–Kier alpha value is -2.15. The number of carbonyl (C=O) groups excluding carboxylic acids is 1. The van der Waals surface area contributed by atoms with Crippen LogP contribution in [0.4, 0.5) is 0 Å². The van der Waals surface area contributed by atoms with E-state index in [-0.39, 0.29) is 22.9 Å². The number of hydrogen-bond acceptors (Lipinski definition) is 5. The first-order valence-electron chi connectivity index (χ1n) is 6.26. The van der Waals surface area contributed by atoms with Gasteiger partial charge in [-0.1, -0.05) is 17.3 Å². The summed E-state index contributed by atoms with van der Waals surface area (Å²) in [5, 5.41) is 3.82. The summed E-state index contributed by atoms with van der Waals surface area (Å²) in [7, 11) is -1.87. The lowest BCUT2D eigenvalue weighted by Gasteiger charge is -2.17. The van der Waals surface area contributed by atoms with Crippen LogP contribution in [0.5, 0.6) is 0 Å². The molecule has 112 valence electrons. The van der Waals surface area contributed by atoms with Crippen molar-refractivity contribution >= 4 is 15.7 Å². The number of carbonyl (C=O) groups is 1. The zero-order valence-corrected chi connectivity index (χ0v) is 12.8. The number of benzene rings is 1. The predicted octanol–water partition coefficient (Wildman–Crippen LogP) is 1.66. The number of amides is 1. The van der Waals surface area contributed by atoms with Gasteiger partial charge in [0.1, 0.15) is 11.5 Å². The fourth-order valence-electron chi connectivity index (χ4n) is 1.98. The highest BCUT2D eigenvalue weighted by molar-refractivity contribution is 7.90. The number of hydrogen-bond donors (Lipinski definition) is 0. The highest BCUT2D eigenvalue weighted by atomic mass is 32.2. The van der Waals surface area contributed by atoms with Gasteiger partial charge in [0.2, 0.25) is 0 Å². The Morgan fingerprint density at radius 2 is 2.00 bits per heavy atom. The molecule has 0 aliphatic rings. The standard InChI is InChI=1S/C14H16N2O4S/c1-10-8-11(15-20-10)9-16(2)14(17)12-6-4-5-7-13(12)21(3,18)19/h4-8H,9H2,1-3H3. The number of aryl methyl sites for hydroxylation is 1. The van der Waals surface area contributed by atoms with E-state index in [1.807, 2.05) is 0 Å². The normalized spacial score (nSPS) is 11.4. The van der Waals surface area contributed by atoms with Gasteiger partial charge in [-0.15, -0.1) is 0 Å². The summed E-state index contributed by atoms with van der Waals surface area (Å²) in [4.78, 5) is 13.9. The molecular formula is C14H16N2O4S. The van der Waals surface area contributed by atoms with Crippen molar-refractivity contribution in [3.05, 3.63) is 47.3 Å². The van der Waals surface area contributed by atoms with Gasteiger partial charge in [0, 0.05) is 19.4 Å². The first-order valence-corrected chi connectivity index (χ1v) is 8.15. The molecule has 1 aromatic carbocycles. The summed E-state index contributed by atoms with van der Waals surface area (Å²) < 4.78 is 28.4. The van der Waals surface area contributed by atoms with Crippen molar-refractivity contribution in [1.82, 2.24) is 10.1 Å². The number of sulfone groups is 1. The molecule has 0 aliphatic heterocycles. The minimum Gasteiger partial charge on any atom is -0.361 e. The maximum atomic E-state index is 12.4. The molecule has 0 saturated heterocycles. The second kappa shape index (κ2) is 5.69. The Morgan fingerprint density at radius 1 is 1.33 bits per heavy atom. The van der Waals surface area contributed by atoms with E-state index in [0.717, 1.165) is 6.26 Å². The monoisotopic (exact) mass is 308 g/mol. The summed E-state index contributed by atoms with van der Waals surface area (Å²) in [6, 6.07) is 7.89. The maximum absolute atomic E-state index is 12.4. The van der Waals surface area contributed by atoms with Crippen LogP contribution in [0.25, 0.3) is 0 Å². The van der Waals surface area contributed by atoms with E-state index in [1.165, 1.54) is 17.0 Å². The molecule has 2 aromatic rings. The van der Waals surface area contributed by atoms with Crippen LogP contribution >= 0.6 is 0 Å². The molecule has 0 radical (unpaired) electrons. The Kier molecular flexibility index (Phi) is 4.13. The molecule has 0 aliphatic carbocycles. The van der Waals surface area contributed by atoms with Gasteiger partial charge < -0.3 is 9.42 Å². The Balaban J connectivity index is 2.28. The molecule has 0 N–H and O–H groups in total. The van der Waals surface area contributed by atoms with Crippen LogP contribution in [0.3, 0.4) is 0 Å². The minimum atomic E-state index is -3.46. The molecule has 1 aromatic heterocycles. The molecule has 2 rings (SSSR count). The highest BCUT2D eigenvalue weighted by Crippen LogP contribution is 2.18. The summed E-state index contributed by atoms with van der Waals surface area (Å²) in [5.74, 6) is 0.277. The number of nitrogens with zero attached hydrogens (tertiary/aromatic N) is 2. The van der Waals surface area contributed by atoms with Crippen molar-refractivity contribution in [1.29, 1.82) is 0 Å². The van der Waals surface area contributed by atoms with Gasteiger partial charge >= 0.3 is 0 Å². The van der Waals surface area contributed by atoms with Crippen LogP contribution in [0.2, 0.25) is 0 Å². The second-order valence-corrected chi connectivity index (χ2v) is 6.84. The molecule has 1 amide bonds. The molecule has 0 atom stereocenters. The van der Waals surface area contributed by atoms with E-state index >= 15 is 0 Å². The molecule has 0 unspecified atom stereocenters. The van der Waals surface area contributed by atoms with Crippen molar-refractivity contribution < 1.29 is 17.7 Å². The van der Waals surface area contributed by atoms with E-state index in [0.29, 0.717) is 11.5 Å². The van der Waals surface area contributed by atoms with Crippen LogP contribution < -0.4 is 0 Å². The molecule has 0 spiro atoms. The lowest BCUT2D eigenvalue weighted by atomic mass is 10.2. The summed E-state index contributed by atoms with van der Waals surface area (Å²) in [6.07, 6.45) is 1.08. The first kappa shape index (κ1) is 15.2. The quantitative estimate of drug-likeness (QED) is 0.858. The van der Waals surface area contributed by atoms with Crippen LogP contribution in [-0.4, -0.2) is 37.7 Å². The van der Waals surface area contributed by atoms with Crippen molar-refractivity contribution in [3.8, 4) is 0 Å². The van der Waals surface area contributed by atoms with Crippen LogP contribution in [0, 0.1) is 6.92 Å². The van der Waals surface area contributed by atoms with Gasteiger partial charge in [0.25, 0.3) is 5.91 Å². The SMILES string of the molecule is Cc1cc(CN(C)C(=O)c2ccccc2S(C)(=O)=O)no1. The molecule has 7 heteroatoms. The Labute approximate surface area is 123 Å². The van der Waals surface area contributed by atoms with Crippen molar-refractivity contribution in [2.45, 2.75) is 18.4 Å². The molecule has 1 heterocycles. The van der Waals surface area contributed by atoms with Crippen molar-refractivity contribution in [2.24, 2.45) is 0 Å². The molecule has 0 fully saturated rings. The largest absolute Gasteiger partial charge is 0.361 e. The minimum absolute atomic E-state index is 0.0261. The van der Waals surface area contributed by atoms with E-state index < -0.39 is 9.84 Å². The summed E-state index contributed by atoms with van der Waals surface area (Å²) in [6.45, 7) is 2.01. The fraction of sp³-hybridized carbons (Fsp3) is 0.286. The topological polar surface area (TPSA) is 80.5 Å². The first-order chi connectivity index (χ1) is 9.79. The Bertz CT molecular complexity index is 765. The van der Waals surface area contributed by atoms with E-state index in [1.54, 1.807) is 32.2 Å². The van der Waals surface area contributed by atoms with Gasteiger partial charge in [0.15, 0.2) is 9.84 Å². The average Bonchev–Trinajstić information content (AvgIpc) is 2.82. The van der Waals surface area contributed by atoms with Gasteiger partial charge in [-0.3, -0.25) is 4.79 Å². The zero-order chi connectivity index (χ0) is 15.6. The van der Waals surface area contributed by atoms with Crippen LogP contribution in [0.1, 0.15) is 21.8 Å². The zero-order valence-electron chi connectivity index (χ0n) is 12.0. The predicted molar refractivity (Wildman–Crippen MR) is 76.6 cm³/mol. The second-order valence-electron chi connectivity index (χ2n) is 4.86. The van der Waals surface area contributed by atoms with Crippen LogP contribution in [-0.2, 0) is 16.4 Å². The number of rotatable bonds is 4. The fourth-order valence-corrected chi connectivity index (χ4v) is 2.86. The lowest BCUT2D eigenvalue weighted by Crippen LogP contribution is -2.27. The third kappa shape index (κ3) is 3.49. The maximum Gasteiger partial charge on any atom is 0.255 e.